The molecule has 0 saturated carbocycles. The molecule has 3 rings (SSSR count). The van der Waals surface area contributed by atoms with Crippen LogP contribution in [-0.2, 0) is 14.3 Å². The minimum absolute atomic E-state index is 0.105. The fourth-order valence-electron chi connectivity index (χ4n) is 3.13. The van der Waals surface area contributed by atoms with Crippen LogP contribution in [0, 0.1) is 13.8 Å². The van der Waals surface area contributed by atoms with E-state index >= 15 is 0 Å². The molecule has 0 unspecified atom stereocenters. The van der Waals surface area contributed by atoms with Crippen molar-refractivity contribution in [2.45, 2.75) is 31.8 Å². The van der Waals surface area contributed by atoms with E-state index in [0.29, 0.717) is 29.0 Å². The zero-order chi connectivity index (χ0) is 22.4. The quantitative estimate of drug-likeness (QED) is 0.251. The van der Waals surface area contributed by atoms with Gasteiger partial charge in [0.15, 0.2) is 5.16 Å². The van der Waals surface area contributed by atoms with Crippen molar-refractivity contribution in [1.29, 1.82) is 0 Å². The highest BCUT2D eigenvalue weighted by Gasteiger charge is 2.16. The lowest BCUT2D eigenvalue weighted by Crippen LogP contribution is -2.28. The molecule has 7 nitrogen and oxygen atoms in total. The Morgan fingerprint density at radius 1 is 1.16 bits per heavy atom. The first-order valence-corrected chi connectivity index (χ1v) is 10.9. The summed E-state index contributed by atoms with van der Waals surface area (Å²) < 4.78 is 6.17. The second-order valence-electron chi connectivity index (χ2n) is 7.16. The van der Waals surface area contributed by atoms with Crippen molar-refractivity contribution in [3.63, 3.8) is 0 Å². The van der Waals surface area contributed by atoms with Crippen molar-refractivity contribution < 1.29 is 14.3 Å². The maximum atomic E-state index is 13.3. The third kappa shape index (κ3) is 5.52. The summed E-state index contributed by atoms with van der Waals surface area (Å²) in [6.07, 6.45) is 0.757. The van der Waals surface area contributed by atoms with Crippen LogP contribution in [0.3, 0.4) is 0 Å². The molecule has 31 heavy (non-hydrogen) atoms. The maximum absolute atomic E-state index is 13.3. The van der Waals surface area contributed by atoms with Crippen molar-refractivity contribution in [2.75, 3.05) is 19.4 Å². The Morgan fingerprint density at radius 2 is 1.94 bits per heavy atom. The molecule has 0 bridgehead atoms. The summed E-state index contributed by atoms with van der Waals surface area (Å²) in [5, 5.41) is 3.77. The number of carbonyl (C=O) groups excluding carboxylic acids is 2. The number of thioether (sulfide) groups is 1. The number of rotatable bonds is 8. The molecular weight excluding hydrogens is 414 g/mol. The lowest BCUT2D eigenvalue weighted by atomic mass is 10.1. The number of nitrogens with zero attached hydrogens (tertiary/aromatic N) is 2. The highest BCUT2D eigenvalue weighted by Crippen LogP contribution is 2.23. The predicted octanol–water partition coefficient (Wildman–Crippen LogP) is 3.16. The Bertz CT molecular complexity index is 1170. The average Bonchev–Trinajstić information content (AvgIpc) is 2.77. The summed E-state index contributed by atoms with van der Waals surface area (Å²) in [5.74, 6) is -0.389. The number of fused-ring (bicyclic) bond motifs is 1. The number of amides is 1. The average molecular weight is 440 g/mol. The smallest absolute Gasteiger partial charge is 0.305 e. The van der Waals surface area contributed by atoms with Crippen molar-refractivity contribution in [3.8, 4) is 5.69 Å². The van der Waals surface area contributed by atoms with Gasteiger partial charge >= 0.3 is 5.97 Å². The lowest BCUT2D eigenvalue weighted by Gasteiger charge is -2.15. The van der Waals surface area contributed by atoms with Crippen LogP contribution in [0.1, 0.15) is 24.0 Å². The number of methoxy groups -OCH3 is 1. The Balaban J connectivity index is 1.86. The minimum atomic E-state index is -0.304. The molecule has 1 amide bonds. The lowest BCUT2D eigenvalue weighted by molar-refractivity contribution is -0.140. The Hall–Kier alpha value is -3.13. The molecule has 0 radical (unpaired) electrons. The molecule has 0 atom stereocenters. The van der Waals surface area contributed by atoms with Gasteiger partial charge in [-0.3, -0.25) is 19.0 Å². The van der Waals surface area contributed by atoms with Crippen LogP contribution in [0.25, 0.3) is 16.6 Å². The molecule has 0 aliphatic carbocycles. The highest BCUT2D eigenvalue weighted by atomic mass is 32.2. The summed E-state index contributed by atoms with van der Waals surface area (Å²) in [5.41, 5.74) is 3.15. The first kappa shape index (κ1) is 22.6. The second kappa shape index (κ2) is 10.3. The summed E-state index contributed by atoms with van der Waals surface area (Å²) in [6, 6.07) is 13.1. The molecule has 0 spiro atoms. The van der Waals surface area contributed by atoms with Crippen molar-refractivity contribution in [3.05, 3.63) is 63.9 Å². The predicted molar refractivity (Wildman–Crippen MR) is 122 cm³/mol. The number of esters is 1. The van der Waals surface area contributed by atoms with Crippen LogP contribution >= 0.6 is 11.8 Å². The van der Waals surface area contributed by atoms with Crippen LogP contribution in [0.15, 0.2) is 52.4 Å². The molecule has 1 N–H and O–H groups in total. The second-order valence-corrected chi connectivity index (χ2v) is 8.10. The van der Waals surface area contributed by atoms with Crippen LogP contribution < -0.4 is 10.9 Å². The zero-order valence-electron chi connectivity index (χ0n) is 17.8. The van der Waals surface area contributed by atoms with Crippen molar-refractivity contribution in [2.24, 2.45) is 0 Å². The van der Waals surface area contributed by atoms with E-state index in [0.717, 1.165) is 16.8 Å². The van der Waals surface area contributed by atoms with Gasteiger partial charge in [0.1, 0.15) is 0 Å². The molecule has 0 fully saturated rings. The molecule has 1 aromatic heterocycles. The van der Waals surface area contributed by atoms with E-state index in [1.54, 1.807) is 16.7 Å². The number of hydrogen-bond donors (Lipinski definition) is 1. The largest absolute Gasteiger partial charge is 0.469 e. The fourth-order valence-corrected chi connectivity index (χ4v) is 3.96. The third-order valence-corrected chi connectivity index (χ3v) is 5.73. The number of para-hydroxylation sites is 1. The van der Waals surface area contributed by atoms with Gasteiger partial charge in [-0.05, 0) is 49.6 Å². The van der Waals surface area contributed by atoms with Gasteiger partial charge in [-0.2, -0.15) is 0 Å². The number of nitrogens with one attached hydrogen (secondary N) is 1. The molecular formula is C23H25N3O4S. The van der Waals surface area contributed by atoms with E-state index in [2.05, 4.69) is 15.0 Å². The van der Waals surface area contributed by atoms with E-state index in [9.17, 15) is 14.4 Å². The molecule has 162 valence electrons. The van der Waals surface area contributed by atoms with Gasteiger partial charge in [0, 0.05) is 13.0 Å². The number of aromatic nitrogens is 2. The monoisotopic (exact) mass is 439 g/mol. The van der Waals surface area contributed by atoms with Gasteiger partial charge in [-0.25, -0.2) is 4.98 Å². The van der Waals surface area contributed by atoms with E-state index in [4.69, 9.17) is 0 Å². The summed E-state index contributed by atoms with van der Waals surface area (Å²) in [4.78, 5) is 41.4. The van der Waals surface area contributed by atoms with Gasteiger partial charge in [0.25, 0.3) is 5.56 Å². The van der Waals surface area contributed by atoms with Crippen molar-refractivity contribution >= 4 is 34.5 Å². The Labute approximate surface area is 184 Å². The fraction of sp³-hybridized carbons (Fsp3) is 0.304. The number of aryl methyl sites for hydroxylation is 2. The highest BCUT2D eigenvalue weighted by molar-refractivity contribution is 7.99. The van der Waals surface area contributed by atoms with E-state index in [1.165, 1.54) is 18.9 Å². The van der Waals surface area contributed by atoms with Gasteiger partial charge in [0.05, 0.1) is 29.5 Å². The first-order chi connectivity index (χ1) is 14.9. The molecule has 3 aromatic rings. The van der Waals surface area contributed by atoms with Gasteiger partial charge in [0.2, 0.25) is 5.91 Å². The number of hydrogen-bond acceptors (Lipinski definition) is 6. The Morgan fingerprint density at radius 3 is 2.71 bits per heavy atom. The van der Waals surface area contributed by atoms with Gasteiger partial charge in [-0.15, -0.1) is 0 Å². The molecule has 0 aliphatic heterocycles. The van der Waals surface area contributed by atoms with Crippen LogP contribution in [-0.4, -0.2) is 40.8 Å². The van der Waals surface area contributed by atoms with Crippen molar-refractivity contribution in [1.82, 2.24) is 14.9 Å². The van der Waals surface area contributed by atoms with Crippen LogP contribution in [0.2, 0.25) is 0 Å². The summed E-state index contributed by atoms with van der Waals surface area (Å²) in [7, 11) is 1.34. The standard InChI is InChI=1S/C23H25N3O4S/c1-15-10-11-16(2)19(13-15)26-22(29)17-7-4-5-8-18(17)25-23(26)31-14-20(27)24-12-6-9-21(28)30-3/h4-5,7-8,10-11,13H,6,9,12,14H2,1-3H3,(H,24,27). The number of benzene rings is 2. The first-order valence-electron chi connectivity index (χ1n) is 9.96. The molecule has 2 aromatic carbocycles. The third-order valence-electron chi connectivity index (χ3n) is 4.79. The molecule has 8 heteroatoms. The van der Waals surface area contributed by atoms with E-state index in [1.807, 2.05) is 44.2 Å². The normalized spacial score (nSPS) is 10.8. The number of ether oxygens (including phenoxy) is 1. The molecule has 0 aliphatic rings. The van der Waals surface area contributed by atoms with Crippen LogP contribution in [0.5, 0.6) is 0 Å². The topological polar surface area (TPSA) is 90.3 Å². The van der Waals surface area contributed by atoms with Gasteiger partial charge in [-0.1, -0.05) is 36.0 Å². The SMILES string of the molecule is COC(=O)CCCNC(=O)CSc1nc2ccccc2c(=O)n1-c1cc(C)ccc1C. The Kier molecular flexibility index (Phi) is 7.46. The summed E-state index contributed by atoms with van der Waals surface area (Å²) >= 11 is 1.21. The van der Waals surface area contributed by atoms with Crippen LogP contribution in [0.4, 0.5) is 0 Å². The van der Waals surface area contributed by atoms with E-state index < -0.39 is 0 Å². The number of carbonyl (C=O) groups is 2. The van der Waals surface area contributed by atoms with E-state index in [-0.39, 0.29) is 29.6 Å². The maximum Gasteiger partial charge on any atom is 0.305 e. The summed E-state index contributed by atoms with van der Waals surface area (Å²) in [6.45, 7) is 4.29. The molecule has 0 saturated heterocycles. The zero-order valence-corrected chi connectivity index (χ0v) is 18.6. The minimum Gasteiger partial charge on any atom is -0.469 e. The van der Waals surface area contributed by atoms with Gasteiger partial charge < -0.3 is 10.1 Å². The molecule has 1 heterocycles.